The van der Waals surface area contributed by atoms with Crippen molar-refractivity contribution >= 4 is 11.6 Å². The first-order valence-corrected chi connectivity index (χ1v) is 4.55. The highest BCUT2D eigenvalue weighted by atomic mass is 35.5. The second-order valence-corrected chi connectivity index (χ2v) is 2.50. The maximum atomic E-state index is 5.42. The summed E-state index contributed by atoms with van der Waals surface area (Å²) in [7, 11) is 0. The summed E-state index contributed by atoms with van der Waals surface area (Å²) in [5.41, 5.74) is 0. The number of halogens is 1. The fraction of sp³-hybridized carbons (Fsp3) is 0.556. The number of rotatable bonds is 9. The molecule has 0 heterocycles. The van der Waals surface area contributed by atoms with Gasteiger partial charge in [0.05, 0.1) is 25.7 Å². The van der Waals surface area contributed by atoms with E-state index in [2.05, 4.69) is 13.2 Å². The lowest BCUT2D eigenvalue weighted by Gasteiger charge is -2.15. The Hall–Kier alpha value is -0.670. The molecule has 0 radical (unpaired) electrons. The fourth-order valence-electron chi connectivity index (χ4n) is 0.719. The Kier molecular flexibility index (Phi) is 8.93. The van der Waals surface area contributed by atoms with Crippen LogP contribution >= 0.6 is 11.6 Å². The first kappa shape index (κ1) is 12.3. The molecule has 0 fully saturated rings. The Morgan fingerprint density at radius 2 is 1.77 bits per heavy atom. The second-order valence-electron chi connectivity index (χ2n) is 2.13. The van der Waals surface area contributed by atoms with E-state index in [0.717, 1.165) is 0 Å². The molecular formula is C9H15ClO3. The molecular weight excluding hydrogens is 192 g/mol. The molecule has 3 nitrogen and oxygen atoms in total. The van der Waals surface area contributed by atoms with E-state index < -0.39 is 0 Å². The van der Waals surface area contributed by atoms with Gasteiger partial charge in [0.1, 0.15) is 0 Å². The third-order valence-electron chi connectivity index (χ3n) is 1.22. The Bertz CT molecular complexity index is 129. The molecule has 0 aliphatic carbocycles. The summed E-state index contributed by atoms with van der Waals surface area (Å²) in [6.07, 6.45) is 2.91. The molecule has 0 aromatic heterocycles. The van der Waals surface area contributed by atoms with Gasteiger partial charge in [-0.15, -0.1) is 11.6 Å². The zero-order chi connectivity index (χ0) is 9.94. The van der Waals surface area contributed by atoms with Crippen molar-refractivity contribution in [1.82, 2.24) is 0 Å². The molecule has 0 bridgehead atoms. The Morgan fingerprint density at radius 1 is 1.15 bits per heavy atom. The van der Waals surface area contributed by atoms with Gasteiger partial charge in [0.15, 0.2) is 0 Å². The highest BCUT2D eigenvalue weighted by Gasteiger charge is 2.05. The minimum Gasteiger partial charge on any atom is -0.463 e. The van der Waals surface area contributed by atoms with Gasteiger partial charge in [-0.05, 0) is 0 Å². The first-order chi connectivity index (χ1) is 6.35. The van der Waals surface area contributed by atoms with Gasteiger partial charge in [-0.1, -0.05) is 13.2 Å². The largest absolute Gasteiger partial charge is 0.463 e. The predicted octanol–water partition coefficient (Wildman–Crippen LogP) is 2.28. The topological polar surface area (TPSA) is 27.7 Å². The fourth-order valence-corrected chi connectivity index (χ4v) is 0.828. The van der Waals surface area contributed by atoms with E-state index >= 15 is 0 Å². The van der Waals surface area contributed by atoms with Crippen molar-refractivity contribution in [2.75, 3.05) is 19.1 Å². The molecule has 0 rings (SSSR count). The summed E-state index contributed by atoms with van der Waals surface area (Å²) in [6.45, 7) is 7.94. The van der Waals surface area contributed by atoms with Crippen LogP contribution in [0.3, 0.4) is 0 Å². The molecule has 0 aliphatic rings. The van der Waals surface area contributed by atoms with E-state index in [1.165, 1.54) is 12.5 Å². The van der Waals surface area contributed by atoms with Gasteiger partial charge in [0.2, 0.25) is 6.29 Å². The molecule has 0 unspecified atom stereocenters. The molecule has 0 spiro atoms. The van der Waals surface area contributed by atoms with Crippen molar-refractivity contribution in [3.63, 3.8) is 0 Å². The van der Waals surface area contributed by atoms with Crippen molar-refractivity contribution < 1.29 is 14.2 Å². The van der Waals surface area contributed by atoms with Crippen LogP contribution in [0.4, 0.5) is 0 Å². The summed E-state index contributed by atoms with van der Waals surface area (Å²) < 4.78 is 15.2. The molecule has 0 N–H and O–H groups in total. The van der Waals surface area contributed by atoms with Gasteiger partial charge in [-0.25, -0.2) is 0 Å². The van der Waals surface area contributed by atoms with E-state index in [4.69, 9.17) is 25.8 Å². The van der Waals surface area contributed by atoms with E-state index in [9.17, 15) is 0 Å². The molecule has 0 aromatic rings. The monoisotopic (exact) mass is 206 g/mol. The zero-order valence-corrected chi connectivity index (χ0v) is 8.33. The SMILES string of the molecule is C=COC(CCOCCCl)OC=C. The molecule has 13 heavy (non-hydrogen) atoms. The van der Waals surface area contributed by atoms with Crippen LogP contribution in [0.15, 0.2) is 25.7 Å². The van der Waals surface area contributed by atoms with Crippen LogP contribution in [0.5, 0.6) is 0 Å². The predicted molar refractivity (Wildman–Crippen MR) is 52.5 cm³/mol. The summed E-state index contributed by atoms with van der Waals surface area (Å²) in [5, 5.41) is 0. The van der Waals surface area contributed by atoms with Gasteiger partial charge in [-0.2, -0.15) is 0 Å². The van der Waals surface area contributed by atoms with Crippen molar-refractivity contribution in [1.29, 1.82) is 0 Å². The lowest BCUT2D eigenvalue weighted by molar-refractivity contribution is -0.0774. The molecule has 0 amide bonds. The lowest BCUT2D eigenvalue weighted by atomic mass is 10.4. The standard InChI is InChI=1S/C9H15ClO3/c1-3-12-9(13-4-2)5-7-11-8-6-10/h3-4,9H,1-2,5-8H2. The average molecular weight is 207 g/mol. The van der Waals surface area contributed by atoms with Gasteiger partial charge in [0, 0.05) is 12.3 Å². The number of hydrogen-bond donors (Lipinski definition) is 0. The maximum Gasteiger partial charge on any atom is 0.241 e. The van der Waals surface area contributed by atoms with Gasteiger partial charge < -0.3 is 14.2 Å². The van der Waals surface area contributed by atoms with Gasteiger partial charge in [0.25, 0.3) is 0 Å². The highest BCUT2D eigenvalue weighted by molar-refractivity contribution is 6.17. The quantitative estimate of drug-likeness (QED) is 0.251. The van der Waals surface area contributed by atoms with E-state index in [0.29, 0.717) is 25.5 Å². The van der Waals surface area contributed by atoms with Crippen LogP contribution in [0.1, 0.15) is 6.42 Å². The van der Waals surface area contributed by atoms with E-state index in [-0.39, 0.29) is 6.29 Å². The van der Waals surface area contributed by atoms with Crippen LogP contribution in [0.25, 0.3) is 0 Å². The van der Waals surface area contributed by atoms with E-state index in [1.807, 2.05) is 0 Å². The van der Waals surface area contributed by atoms with Crippen molar-refractivity contribution in [3.8, 4) is 0 Å². The average Bonchev–Trinajstić information content (AvgIpc) is 2.13. The normalized spacial score (nSPS) is 9.69. The minimum absolute atomic E-state index is 0.370. The summed E-state index contributed by atoms with van der Waals surface area (Å²) >= 11 is 5.42. The molecule has 0 aromatic carbocycles. The zero-order valence-electron chi connectivity index (χ0n) is 7.58. The number of alkyl halides is 1. The third kappa shape index (κ3) is 7.68. The van der Waals surface area contributed by atoms with Crippen LogP contribution < -0.4 is 0 Å². The Labute approximate surface area is 83.9 Å². The first-order valence-electron chi connectivity index (χ1n) is 4.01. The highest BCUT2D eigenvalue weighted by Crippen LogP contribution is 2.02. The molecule has 0 aliphatic heterocycles. The third-order valence-corrected chi connectivity index (χ3v) is 1.37. The van der Waals surface area contributed by atoms with Crippen LogP contribution in [0.2, 0.25) is 0 Å². The Balaban J connectivity index is 3.43. The smallest absolute Gasteiger partial charge is 0.241 e. The molecule has 76 valence electrons. The molecule has 0 atom stereocenters. The van der Waals surface area contributed by atoms with Gasteiger partial charge in [-0.3, -0.25) is 0 Å². The van der Waals surface area contributed by atoms with Crippen LogP contribution in [-0.2, 0) is 14.2 Å². The maximum absolute atomic E-state index is 5.42. The van der Waals surface area contributed by atoms with E-state index in [1.54, 1.807) is 0 Å². The van der Waals surface area contributed by atoms with Crippen molar-refractivity contribution in [2.45, 2.75) is 12.7 Å². The molecule has 0 saturated heterocycles. The molecule has 4 heteroatoms. The number of hydrogen-bond acceptors (Lipinski definition) is 3. The molecule has 0 saturated carbocycles. The Morgan fingerprint density at radius 3 is 2.23 bits per heavy atom. The minimum atomic E-state index is -0.370. The van der Waals surface area contributed by atoms with Crippen LogP contribution in [-0.4, -0.2) is 25.4 Å². The second kappa shape index (κ2) is 9.42. The summed E-state index contributed by atoms with van der Waals surface area (Å²) in [5.74, 6) is 0.495. The van der Waals surface area contributed by atoms with Gasteiger partial charge >= 0.3 is 0 Å². The van der Waals surface area contributed by atoms with Crippen molar-refractivity contribution in [2.24, 2.45) is 0 Å². The van der Waals surface area contributed by atoms with Crippen LogP contribution in [0, 0.1) is 0 Å². The van der Waals surface area contributed by atoms with Crippen molar-refractivity contribution in [3.05, 3.63) is 25.7 Å². The summed E-state index contributed by atoms with van der Waals surface area (Å²) in [4.78, 5) is 0. The number of ether oxygens (including phenoxy) is 3. The summed E-state index contributed by atoms with van der Waals surface area (Å²) in [6, 6.07) is 0. The lowest BCUT2D eigenvalue weighted by Crippen LogP contribution is -2.15.